The second-order valence-electron chi connectivity index (χ2n) is 3.73. The third kappa shape index (κ3) is 3.61. The summed E-state index contributed by atoms with van der Waals surface area (Å²) in [7, 11) is 0. The van der Waals surface area contributed by atoms with E-state index in [-0.39, 0.29) is 24.5 Å². The molecule has 2 N–H and O–H groups in total. The Morgan fingerprint density at radius 1 is 1.33 bits per heavy atom. The van der Waals surface area contributed by atoms with E-state index in [9.17, 15) is 4.39 Å². The van der Waals surface area contributed by atoms with Crippen LogP contribution in [0.25, 0.3) is 0 Å². The molecule has 0 heterocycles. The zero-order chi connectivity index (χ0) is 11.3. The molecule has 0 aliphatic carbocycles. The van der Waals surface area contributed by atoms with Gasteiger partial charge in [0.15, 0.2) is 0 Å². The lowest BCUT2D eigenvalue weighted by Crippen LogP contribution is -2.33. The average Bonchev–Trinajstić information content (AvgIpc) is 2.26. The van der Waals surface area contributed by atoms with Gasteiger partial charge in [0.2, 0.25) is 0 Å². The van der Waals surface area contributed by atoms with Crippen molar-refractivity contribution in [3.05, 3.63) is 35.6 Å². The Hall–Kier alpha value is -0.930. The molecule has 0 aliphatic rings. The van der Waals surface area contributed by atoms with Crippen molar-refractivity contribution in [1.82, 2.24) is 5.32 Å². The van der Waals surface area contributed by atoms with Crippen molar-refractivity contribution in [2.75, 3.05) is 6.61 Å². The first-order chi connectivity index (χ1) is 7.17. The van der Waals surface area contributed by atoms with Crippen LogP contribution in [0.2, 0.25) is 0 Å². The van der Waals surface area contributed by atoms with Crippen LogP contribution in [-0.2, 0) is 0 Å². The summed E-state index contributed by atoms with van der Waals surface area (Å²) < 4.78 is 12.7. The van der Waals surface area contributed by atoms with Crippen molar-refractivity contribution in [1.29, 1.82) is 0 Å². The number of rotatable bonds is 5. The number of hydrogen-bond donors (Lipinski definition) is 2. The second kappa shape index (κ2) is 5.83. The Morgan fingerprint density at radius 2 is 1.93 bits per heavy atom. The molecule has 3 heteroatoms. The summed E-state index contributed by atoms with van der Waals surface area (Å²) in [5, 5.41) is 12.3. The zero-order valence-corrected chi connectivity index (χ0v) is 9.20. The smallest absolute Gasteiger partial charge is 0.123 e. The predicted molar refractivity (Wildman–Crippen MR) is 59.1 cm³/mol. The molecule has 0 saturated heterocycles. The fraction of sp³-hybridized carbons (Fsp3) is 0.500. The summed E-state index contributed by atoms with van der Waals surface area (Å²) in [5.74, 6) is -0.222. The van der Waals surface area contributed by atoms with Gasteiger partial charge >= 0.3 is 0 Å². The van der Waals surface area contributed by atoms with Gasteiger partial charge in [-0.25, -0.2) is 4.39 Å². The van der Waals surface area contributed by atoms with Gasteiger partial charge in [-0.05, 0) is 31.0 Å². The van der Waals surface area contributed by atoms with Crippen LogP contribution in [0, 0.1) is 5.82 Å². The van der Waals surface area contributed by atoms with Crippen LogP contribution in [0.4, 0.5) is 4.39 Å². The molecule has 0 aliphatic heterocycles. The highest BCUT2D eigenvalue weighted by Gasteiger charge is 2.10. The topological polar surface area (TPSA) is 32.3 Å². The second-order valence-corrected chi connectivity index (χ2v) is 3.73. The molecular weight excluding hydrogens is 193 g/mol. The van der Waals surface area contributed by atoms with Gasteiger partial charge in [0.05, 0.1) is 6.61 Å². The van der Waals surface area contributed by atoms with Crippen molar-refractivity contribution in [3.8, 4) is 0 Å². The van der Waals surface area contributed by atoms with E-state index >= 15 is 0 Å². The van der Waals surface area contributed by atoms with Crippen molar-refractivity contribution < 1.29 is 9.50 Å². The fourth-order valence-electron chi connectivity index (χ4n) is 1.50. The number of aliphatic hydroxyl groups excluding tert-OH is 1. The van der Waals surface area contributed by atoms with Gasteiger partial charge in [-0.2, -0.15) is 0 Å². The average molecular weight is 211 g/mol. The highest BCUT2D eigenvalue weighted by molar-refractivity contribution is 5.19. The molecule has 1 aromatic rings. The molecule has 0 bridgehead atoms. The lowest BCUT2D eigenvalue weighted by Gasteiger charge is -2.20. The summed E-state index contributed by atoms with van der Waals surface area (Å²) >= 11 is 0. The van der Waals surface area contributed by atoms with Crippen LogP contribution in [-0.4, -0.2) is 17.8 Å². The van der Waals surface area contributed by atoms with Crippen molar-refractivity contribution in [2.24, 2.45) is 0 Å². The van der Waals surface area contributed by atoms with Crippen LogP contribution < -0.4 is 5.32 Å². The van der Waals surface area contributed by atoms with Gasteiger partial charge in [0.25, 0.3) is 0 Å². The maximum absolute atomic E-state index is 12.7. The Bertz CT molecular complexity index is 282. The fourth-order valence-corrected chi connectivity index (χ4v) is 1.50. The van der Waals surface area contributed by atoms with E-state index in [0.717, 1.165) is 12.0 Å². The van der Waals surface area contributed by atoms with E-state index in [2.05, 4.69) is 5.32 Å². The van der Waals surface area contributed by atoms with Gasteiger partial charge in [-0.1, -0.05) is 19.1 Å². The van der Waals surface area contributed by atoms with Gasteiger partial charge in [0.1, 0.15) is 5.82 Å². The standard InChI is InChI=1S/C12H18FNO/c1-3-12(8-15)14-9(2)10-4-6-11(13)7-5-10/h4-7,9,12,14-15H,3,8H2,1-2H3. The molecule has 0 amide bonds. The van der Waals surface area contributed by atoms with Crippen molar-refractivity contribution in [2.45, 2.75) is 32.4 Å². The van der Waals surface area contributed by atoms with Gasteiger partial charge in [-0.15, -0.1) is 0 Å². The Morgan fingerprint density at radius 3 is 2.40 bits per heavy atom. The zero-order valence-electron chi connectivity index (χ0n) is 9.20. The minimum absolute atomic E-state index is 0.102. The number of hydrogen-bond acceptors (Lipinski definition) is 2. The molecule has 2 atom stereocenters. The molecule has 0 saturated carbocycles. The SMILES string of the molecule is CCC(CO)NC(C)c1ccc(F)cc1. The number of halogens is 1. The van der Waals surface area contributed by atoms with E-state index in [1.165, 1.54) is 12.1 Å². The largest absolute Gasteiger partial charge is 0.395 e. The van der Waals surface area contributed by atoms with Crippen LogP contribution in [0.3, 0.4) is 0 Å². The molecule has 1 aromatic carbocycles. The Kier molecular flexibility index (Phi) is 4.72. The van der Waals surface area contributed by atoms with Crippen molar-refractivity contribution >= 4 is 0 Å². The Balaban J connectivity index is 2.60. The minimum atomic E-state index is -0.222. The maximum atomic E-state index is 12.7. The number of nitrogens with one attached hydrogen (secondary N) is 1. The van der Waals surface area contributed by atoms with Crippen molar-refractivity contribution in [3.63, 3.8) is 0 Å². The quantitative estimate of drug-likeness (QED) is 0.783. The lowest BCUT2D eigenvalue weighted by molar-refractivity contribution is 0.230. The first-order valence-corrected chi connectivity index (χ1v) is 5.29. The monoisotopic (exact) mass is 211 g/mol. The molecule has 1 rings (SSSR count). The van der Waals surface area contributed by atoms with Crippen LogP contribution in [0.5, 0.6) is 0 Å². The normalized spacial score (nSPS) is 14.9. The summed E-state index contributed by atoms with van der Waals surface area (Å²) in [6, 6.07) is 6.66. The molecule has 84 valence electrons. The maximum Gasteiger partial charge on any atom is 0.123 e. The molecule has 2 nitrogen and oxygen atoms in total. The molecule has 0 spiro atoms. The third-order valence-corrected chi connectivity index (χ3v) is 2.57. The van der Waals surface area contributed by atoms with Crippen LogP contribution >= 0.6 is 0 Å². The third-order valence-electron chi connectivity index (χ3n) is 2.57. The lowest BCUT2D eigenvalue weighted by atomic mass is 10.1. The van der Waals surface area contributed by atoms with Crippen LogP contribution in [0.1, 0.15) is 31.9 Å². The highest BCUT2D eigenvalue weighted by Crippen LogP contribution is 2.13. The highest BCUT2D eigenvalue weighted by atomic mass is 19.1. The first kappa shape index (κ1) is 12.1. The molecular formula is C12H18FNO. The van der Waals surface area contributed by atoms with Gasteiger partial charge in [-0.3, -0.25) is 0 Å². The van der Waals surface area contributed by atoms with E-state index in [1.807, 2.05) is 13.8 Å². The van der Waals surface area contributed by atoms with E-state index in [0.29, 0.717) is 0 Å². The summed E-state index contributed by atoms with van der Waals surface area (Å²) in [5.41, 5.74) is 1.03. The number of aliphatic hydroxyl groups is 1. The molecule has 15 heavy (non-hydrogen) atoms. The van der Waals surface area contributed by atoms with Gasteiger partial charge in [0, 0.05) is 12.1 Å². The number of benzene rings is 1. The summed E-state index contributed by atoms with van der Waals surface area (Å²) in [6.07, 6.45) is 0.877. The molecule has 2 unspecified atom stereocenters. The van der Waals surface area contributed by atoms with E-state index in [1.54, 1.807) is 12.1 Å². The van der Waals surface area contributed by atoms with Gasteiger partial charge < -0.3 is 10.4 Å². The van der Waals surface area contributed by atoms with E-state index in [4.69, 9.17) is 5.11 Å². The Labute approximate surface area is 90.1 Å². The molecule has 0 radical (unpaired) electrons. The van der Waals surface area contributed by atoms with Crippen LogP contribution in [0.15, 0.2) is 24.3 Å². The van der Waals surface area contributed by atoms with E-state index < -0.39 is 0 Å². The summed E-state index contributed by atoms with van der Waals surface area (Å²) in [6.45, 7) is 4.15. The first-order valence-electron chi connectivity index (χ1n) is 5.29. The minimum Gasteiger partial charge on any atom is -0.395 e. The predicted octanol–water partition coefficient (Wildman–Crippen LogP) is 2.25. The summed E-state index contributed by atoms with van der Waals surface area (Å²) in [4.78, 5) is 0. The molecule has 0 aromatic heterocycles. The molecule has 0 fully saturated rings.